The first-order valence-corrected chi connectivity index (χ1v) is 8.64. The van der Waals surface area contributed by atoms with Crippen LogP contribution in [0.2, 0.25) is 0 Å². The Hall–Kier alpha value is -3.32. The molecule has 0 aliphatic carbocycles. The van der Waals surface area contributed by atoms with Crippen LogP contribution in [0.15, 0.2) is 42.6 Å². The average Bonchev–Trinajstić information content (AvgIpc) is 3.25. The van der Waals surface area contributed by atoms with Crippen molar-refractivity contribution in [1.29, 1.82) is 0 Å². The third-order valence-electron chi connectivity index (χ3n) is 4.72. The summed E-state index contributed by atoms with van der Waals surface area (Å²) in [5.74, 6) is 0.801. The maximum atomic E-state index is 10.4. The molecule has 1 aromatic carbocycles. The van der Waals surface area contributed by atoms with Crippen molar-refractivity contribution in [3.8, 4) is 17.0 Å². The van der Waals surface area contributed by atoms with Crippen molar-refractivity contribution >= 4 is 16.7 Å². The standard InChI is InChI=1S/C20H21N5O2/c1-11-12(2)24-25-18(11)20(26)22-15-7-14-9-17(23-19(14)21-10-15)13-5-4-6-16(8-13)27-3/h4-10,20,22,26H,1-3H3,(H,21,23)(H,24,25). The first kappa shape index (κ1) is 17.1. The zero-order valence-electron chi connectivity index (χ0n) is 15.4. The molecule has 0 bridgehead atoms. The fraction of sp³-hybridized carbons (Fsp3) is 0.200. The second-order valence-electron chi connectivity index (χ2n) is 6.47. The summed E-state index contributed by atoms with van der Waals surface area (Å²) in [6.45, 7) is 3.82. The SMILES string of the molecule is COc1cccc(-c2cc3cc(NC(O)c4[nH]nc(C)c4C)cnc3[nH]2)c1. The number of aliphatic hydroxyl groups is 1. The van der Waals surface area contributed by atoms with E-state index in [1.54, 1.807) is 13.3 Å². The zero-order chi connectivity index (χ0) is 19.0. The Morgan fingerprint density at radius 2 is 2.04 bits per heavy atom. The Kier molecular flexibility index (Phi) is 4.29. The maximum absolute atomic E-state index is 10.4. The molecule has 138 valence electrons. The highest BCUT2D eigenvalue weighted by molar-refractivity contribution is 5.85. The van der Waals surface area contributed by atoms with Crippen molar-refractivity contribution in [3.05, 3.63) is 59.5 Å². The van der Waals surface area contributed by atoms with E-state index in [1.165, 1.54) is 0 Å². The molecule has 0 spiro atoms. The van der Waals surface area contributed by atoms with E-state index >= 15 is 0 Å². The van der Waals surface area contributed by atoms with E-state index in [-0.39, 0.29) is 0 Å². The molecule has 0 saturated carbocycles. The predicted octanol–water partition coefficient (Wildman–Crippen LogP) is 3.68. The van der Waals surface area contributed by atoms with Gasteiger partial charge in [-0.3, -0.25) is 5.10 Å². The topological polar surface area (TPSA) is 98.8 Å². The molecule has 7 heteroatoms. The first-order chi connectivity index (χ1) is 13.0. The van der Waals surface area contributed by atoms with Gasteiger partial charge in [0.15, 0.2) is 6.23 Å². The molecule has 0 aliphatic heterocycles. The van der Waals surface area contributed by atoms with Gasteiger partial charge in [0, 0.05) is 16.6 Å². The van der Waals surface area contributed by atoms with Crippen LogP contribution in [0.3, 0.4) is 0 Å². The van der Waals surface area contributed by atoms with Gasteiger partial charge in [-0.1, -0.05) is 12.1 Å². The van der Waals surface area contributed by atoms with Gasteiger partial charge in [0.2, 0.25) is 0 Å². The lowest BCUT2D eigenvalue weighted by molar-refractivity contribution is 0.202. The molecule has 0 radical (unpaired) electrons. The molecule has 1 unspecified atom stereocenters. The fourth-order valence-electron chi connectivity index (χ4n) is 3.04. The lowest BCUT2D eigenvalue weighted by Gasteiger charge is -2.13. The molecule has 0 amide bonds. The van der Waals surface area contributed by atoms with Gasteiger partial charge in [-0.25, -0.2) is 4.98 Å². The number of aromatic nitrogens is 4. The molecule has 1 atom stereocenters. The normalized spacial score (nSPS) is 12.3. The molecular weight excluding hydrogens is 342 g/mol. The number of nitrogens with zero attached hydrogens (tertiary/aromatic N) is 2. The van der Waals surface area contributed by atoms with Crippen LogP contribution in [0.25, 0.3) is 22.3 Å². The Bertz CT molecular complexity index is 1100. The van der Waals surface area contributed by atoms with Crippen molar-refractivity contribution in [2.75, 3.05) is 12.4 Å². The van der Waals surface area contributed by atoms with Crippen LogP contribution in [0.4, 0.5) is 5.69 Å². The Morgan fingerprint density at radius 3 is 2.78 bits per heavy atom. The molecule has 4 rings (SSSR count). The van der Waals surface area contributed by atoms with E-state index in [1.807, 2.05) is 50.2 Å². The predicted molar refractivity (Wildman–Crippen MR) is 105 cm³/mol. The van der Waals surface area contributed by atoms with Gasteiger partial charge in [0.05, 0.1) is 30.4 Å². The van der Waals surface area contributed by atoms with Gasteiger partial charge >= 0.3 is 0 Å². The lowest BCUT2D eigenvalue weighted by Crippen LogP contribution is -2.11. The van der Waals surface area contributed by atoms with E-state index in [0.29, 0.717) is 5.69 Å². The zero-order valence-corrected chi connectivity index (χ0v) is 15.4. The van der Waals surface area contributed by atoms with Crippen LogP contribution in [0.1, 0.15) is 23.2 Å². The van der Waals surface area contributed by atoms with Gasteiger partial charge in [-0.2, -0.15) is 5.10 Å². The van der Waals surface area contributed by atoms with Crippen molar-refractivity contribution in [2.24, 2.45) is 0 Å². The van der Waals surface area contributed by atoms with E-state index in [0.717, 1.165) is 45.0 Å². The van der Waals surface area contributed by atoms with Crippen molar-refractivity contribution in [1.82, 2.24) is 20.2 Å². The minimum Gasteiger partial charge on any atom is -0.497 e. The van der Waals surface area contributed by atoms with Gasteiger partial charge in [-0.15, -0.1) is 0 Å². The molecule has 27 heavy (non-hydrogen) atoms. The monoisotopic (exact) mass is 363 g/mol. The average molecular weight is 363 g/mol. The number of anilines is 1. The Labute approximate surface area is 156 Å². The van der Waals surface area contributed by atoms with Crippen LogP contribution in [-0.2, 0) is 0 Å². The van der Waals surface area contributed by atoms with Crippen molar-refractivity contribution in [2.45, 2.75) is 20.1 Å². The third kappa shape index (κ3) is 3.24. The molecule has 3 heterocycles. The molecule has 0 saturated heterocycles. The molecule has 3 aromatic heterocycles. The molecular formula is C20H21N5O2. The van der Waals surface area contributed by atoms with E-state index in [9.17, 15) is 5.11 Å². The number of aryl methyl sites for hydroxylation is 1. The number of fused-ring (bicyclic) bond motifs is 1. The van der Waals surface area contributed by atoms with Gasteiger partial charge < -0.3 is 20.1 Å². The fourth-order valence-corrected chi connectivity index (χ4v) is 3.04. The number of nitrogens with one attached hydrogen (secondary N) is 3. The number of benzene rings is 1. The largest absolute Gasteiger partial charge is 0.497 e. The van der Waals surface area contributed by atoms with Crippen molar-refractivity contribution < 1.29 is 9.84 Å². The molecule has 7 nitrogen and oxygen atoms in total. The highest BCUT2D eigenvalue weighted by atomic mass is 16.5. The van der Waals surface area contributed by atoms with E-state index in [4.69, 9.17) is 4.74 Å². The molecule has 0 aliphatic rings. The van der Waals surface area contributed by atoms with Gasteiger partial charge in [0.25, 0.3) is 0 Å². The first-order valence-electron chi connectivity index (χ1n) is 8.64. The minimum absolute atomic E-state index is 0.652. The van der Waals surface area contributed by atoms with Crippen LogP contribution < -0.4 is 10.1 Å². The summed E-state index contributed by atoms with van der Waals surface area (Å²) >= 11 is 0. The summed E-state index contributed by atoms with van der Waals surface area (Å²) in [4.78, 5) is 7.77. The third-order valence-corrected chi connectivity index (χ3v) is 4.72. The number of methoxy groups -OCH3 is 1. The Morgan fingerprint density at radius 1 is 1.19 bits per heavy atom. The second kappa shape index (κ2) is 6.77. The summed E-state index contributed by atoms with van der Waals surface area (Å²) < 4.78 is 5.29. The smallest absolute Gasteiger partial charge is 0.167 e. The molecule has 4 aromatic rings. The molecule has 4 N–H and O–H groups in total. The summed E-state index contributed by atoms with van der Waals surface area (Å²) in [7, 11) is 1.65. The maximum Gasteiger partial charge on any atom is 0.167 e. The minimum atomic E-state index is -0.887. The van der Waals surface area contributed by atoms with Crippen LogP contribution in [0, 0.1) is 13.8 Å². The van der Waals surface area contributed by atoms with Crippen LogP contribution >= 0.6 is 0 Å². The molecule has 0 fully saturated rings. The van der Waals surface area contributed by atoms with Gasteiger partial charge in [0.1, 0.15) is 11.4 Å². The lowest BCUT2D eigenvalue weighted by atomic mass is 10.1. The summed E-state index contributed by atoms with van der Waals surface area (Å²) in [5.41, 5.74) is 5.93. The Balaban J connectivity index is 1.61. The quantitative estimate of drug-likeness (QED) is 0.405. The van der Waals surface area contributed by atoms with Crippen LogP contribution in [0.5, 0.6) is 5.75 Å². The number of aromatic amines is 2. The number of pyridine rings is 1. The highest BCUT2D eigenvalue weighted by Gasteiger charge is 2.15. The number of hydrogen-bond donors (Lipinski definition) is 4. The van der Waals surface area contributed by atoms with Gasteiger partial charge in [-0.05, 0) is 43.7 Å². The summed E-state index contributed by atoms with van der Waals surface area (Å²) in [6.07, 6.45) is 0.804. The van der Waals surface area contributed by atoms with Crippen LogP contribution in [-0.4, -0.2) is 32.4 Å². The summed E-state index contributed by atoms with van der Waals surface area (Å²) in [6, 6.07) is 11.8. The number of hydrogen-bond acceptors (Lipinski definition) is 5. The number of H-pyrrole nitrogens is 2. The van der Waals surface area contributed by atoms with E-state index < -0.39 is 6.23 Å². The highest BCUT2D eigenvalue weighted by Crippen LogP contribution is 2.28. The summed E-state index contributed by atoms with van der Waals surface area (Å²) in [5, 5.41) is 21.4. The number of ether oxygens (including phenoxy) is 1. The number of aliphatic hydroxyl groups excluding tert-OH is 1. The van der Waals surface area contributed by atoms with Crippen molar-refractivity contribution in [3.63, 3.8) is 0 Å². The second-order valence-corrected chi connectivity index (χ2v) is 6.47. The van der Waals surface area contributed by atoms with E-state index in [2.05, 4.69) is 25.5 Å². The number of rotatable bonds is 5.